The molecular weight excluding hydrogens is 710 g/mol. The van der Waals surface area contributed by atoms with Crippen LogP contribution in [0.15, 0.2) is 35.4 Å². The number of ether oxygens (including phenoxy) is 2. The maximum Gasteiger partial charge on any atom is 0.457 e. The second-order valence-corrected chi connectivity index (χ2v) is 15.9. The van der Waals surface area contributed by atoms with E-state index in [0.717, 1.165) is 21.1 Å². The largest absolute Gasteiger partial charge is 0.457 e. The quantitative estimate of drug-likeness (QED) is 0.177. The molecule has 284 valence electrons. The first-order chi connectivity index (χ1) is 23.3. The molecule has 1 unspecified atom stereocenters. The van der Waals surface area contributed by atoms with Gasteiger partial charge in [0.2, 0.25) is 0 Å². The summed E-state index contributed by atoms with van der Waals surface area (Å²) in [6.45, 7) is 12.7. The highest BCUT2D eigenvalue weighted by Crippen LogP contribution is 2.53. The first-order valence-corrected chi connectivity index (χ1v) is 17.6. The van der Waals surface area contributed by atoms with Crippen molar-refractivity contribution in [2.75, 3.05) is 20.8 Å². The molecule has 0 aromatic heterocycles. The van der Waals surface area contributed by atoms with Crippen molar-refractivity contribution in [3.63, 3.8) is 0 Å². The normalized spacial score (nSPS) is 23.2. The highest BCUT2D eigenvalue weighted by Gasteiger charge is 2.53. The van der Waals surface area contributed by atoms with Gasteiger partial charge in [-0.15, -0.1) is 4.78 Å². The van der Waals surface area contributed by atoms with Crippen LogP contribution in [0.4, 0.5) is 30.7 Å². The summed E-state index contributed by atoms with van der Waals surface area (Å²) in [5.41, 5.74) is -5.26. The van der Waals surface area contributed by atoms with Gasteiger partial charge >= 0.3 is 20.1 Å². The molecule has 0 aliphatic carbocycles. The number of aryl methyl sites for hydroxylation is 1. The summed E-state index contributed by atoms with van der Waals surface area (Å²) in [4.78, 5) is 14.8. The summed E-state index contributed by atoms with van der Waals surface area (Å²) >= 11 is 0. The Morgan fingerprint density at radius 3 is 2.12 bits per heavy atom. The van der Waals surface area contributed by atoms with Gasteiger partial charge < -0.3 is 9.47 Å². The molecule has 2 aromatic rings. The lowest BCUT2D eigenvalue weighted by Gasteiger charge is -2.56. The van der Waals surface area contributed by atoms with Crippen molar-refractivity contribution < 1.29 is 58.6 Å². The average molecular weight is 754 g/mol. The van der Waals surface area contributed by atoms with E-state index in [2.05, 4.69) is 5.10 Å². The third kappa shape index (κ3) is 7.77. The summed E-state index contributed by atoms with van der Waals surface area (Å²) in [6.07, 6.45) is -12.5. The van der Waals surface area contributed by atoms with E-state index in [4.69, 9.17) is 18.5 Å². The summed E-state index contributed by atoms with van der Waals surface area (Å²) in [7, 11) is -1.90. The standard InChI is InChI=1S/C34H43F7N3O6P/c1-18(2)32(8,26-14-22(33(36,37)38)15-27(20(26)4)34(39,40)41)50-30-29(25-12-11-23(35)13-19(25)3)43(31(6,7)21(5)49-30)17-24-16-28(45)44(42-24)51(46,47-9)48-10/h11-15,18,21,29-30H,16-17H2,1-10H3/t21?,29-,30+,32+/m0/s1. The Hall–Kier alpha value is -2.88. The molecule has 17 heteroatoms. The second kappa shape index (κ2) is 14.2. The smallest absolute Gasteiger partial charge is 0.346 e. The minimum Gasteiger partial charge on any atom is -0.346 e. The predicted octanol–water partition coefficient (Wildman–Crippen LogP) is 8.92. The van der Waals surface area contributed by atoms with Crippen molar-refractivity contribution in [1.29, 1.82) is 0 Å². The molecule has 4 atom stereocenters. The number of carbonyl (C=O) groups is 1. The van der Waals surface area contributed by atoms with Crippen LogP contribution >= 0.6 is 7.75 Å². The zero-order valence-electron chi connectivity index (χ0n) is 30.0. The number of morpholine rings is 1. The number of carbonyl (C=O) groups excluding carboxylic acids is 1. The number of hydrazone groups is 1. The minimum atomic E-state index is -5.11. The van der Waals surface area contributed by atoms with Crippen LogP contribution in [-0.4, -0.2) is 60.0 Å². The molecule has 4 rings (SSSR count). The molecule has 51 heavy (non-hydrogen) atoms. The number of rotatable bonds is 10. The van der Waals surface area contributed by atoms with Crippen molar-refractivity contribution in [2.24, 2.45) is 11.0 Å². The third-order valence-electron chi connectivity index (χ3n) is 10.1. The van der Waals surface area contributed by atoms with Gasteiger partial charge in [-0.05, 0) is 94.0 Å². The zero-order chi connectivity index (χ0) is 38.6. The Bertz CT molecular complexity index is 1720. The highest BCUT2D eigenvalue weighted by atomic mass is 31.2. The van der Waals surface area contributed by atoms with Crippen molar-refractivity contribution in [3.8, 4) is 0 Å². The van der Waals surface area contributed by atoms with Gasteiger partial charge in [0.15, 0.2) is 6.29 Å². The zero-order valence-corrected chi connectivity index (χ0v) is 30.9. The number of benzene rings is 2. The highest BCUT2D eigenvalue weighted by molar-refractivity contribution is 7.52. The molecule has 2 heterocycles. The number of hydrogen-bond acceptors (Lipinski definition) is 8. The number of nitrogens with zero attached hydrogens (tertiary/aromatic N) is 3. The van der Waals surface area contributed by atoms with Gasteiger partial charge in [-0.1, -0.05) is 19.9 Å². The first-order valence-electron chi connectivity index (χ1n) is 16.1. The van der Waals surface area contributed by atoms with Gasteiger partial charge in [0, 0.05) is 26.3 Å². The SMILES string of the molecule is COP(=O)(OC)N1N=C(CN2[C@@H](c3ccc(F)cc3C)[C@@H](O[C@@](C)(c3cc(C(F)(F)F)cc(C(F)(F)F)c3C)C(C)C)OC(C)C2(C)C)CC1=O. The van der Waals surface area contributed by atoms with E-state index in [-0.39, 0.29) is 30.3 Å². The molecule has 0 saturated carbocycles. The molecular formula is C34H43F7N3O6P. The summed E-state index contributed by atoms with van der Waals surface area (Å²) in [5, 5.41) is 4.28. The van der Waals surface area contributed by atoms with E-state index in [1.165, 1.54) is 25.1 Å². The van der Waals surface area contributed by atoms with E-state index in [0.29, 0.717) is 22.0 Å². The van der Waals surface area contributed by atoms with Gasteiger partial charge in [-0.25, -0.2) is 8.96 Å². The molecule has 0 bridgehead atoms. The second-order valence-electron chi connectivity index (χ2n) is 13.8. The van der Waals surface area contributed by atoms with Crippen LogP contribution in [0.1, 0.15) is 87.4 Å². The molecule has 9 nitrogen and oxygen atoms in total. The molecule has 1 saturated heterocycles. The van der Waals surface area contributed by atoms with E-state index < -0.39 is 84.0 Å². The van der Waals surface area contributed by atoms with Crippen molar-refractivity contribution >= 4 is 19.4 Å². The van der Waals surface area contributed by atoms with Crippen LogP contribution in [0, 0.1) is 25.6 Å². The topological polar surface area (TPSA) is 89.9 Å². The van der Waals surface area contributed by atoms with Crippen LogP contribution in [0.5, 0.6) is 0 Å². The molecule has 0 N–H and O–H groups in total. The van der Waals surface area contributed by atoms with Crippen LogP contribution in [-0.2, 0) is 45.8 Å². The molecule has 1 fully saturated rings. The van der Waals surface area contributed by atoms with Gasteiger partial charge in [-0.3, -0.25) is 18.7 Å². The van der Waals surface area contributed by atoms with Crippen molar-refractivity contribution in [1.82, 2.24) is 9.68 Å². The predicted molar refractivity (Wildman–Crippen MR) is 174 cm³/mol. The van der Waals surface area contributed by atoms with Crippen LogP contribution in [0.25, 0.3) is 0 Å². The maximum absolute atomic E-state index is 14.5. The summed E-state index contributed by atoms with van der Waals surface area (Å²) in [6, 6.07) is 3.76. The summed E-state index contributed by atoms with van der Waals surface area (Å²) in [5.74, 6) is -1.92. The van der Waals surface area contributed by atoms with E-state index in [1.807, 2.05) is 18.7 Å². The van der Waals surface area contributed by atoms with Gasteiger partial charge in [0.05, 0.1) is 41.0 Å². The van der Waals surface area contributed by atoms with Crippen molar-refractivity contribution in [2.45, 2.75) is 104 Å². The monoisotopic (exact) mass is 753 g/mol. The molecule has 2 aliphatic rings. The van der Waals surface area contributed by atoms with Gasteiger partial charge in [0.1, 0.15) is 5.82 Å². The van der Waals surface area contributed by atoms with Crippen LogP contribution < -0.4 is 0 Å². The Morgan fingerprint density at radius 2 is 1.61 bits per heavy atom. The van der Waals surface area contributed by atoms with Crippen molar-refractivity contribution in [3.05, 3.63) is 69.5 Å². The maximum atomic E-state index is 14.5. The molecule has 2 aromatic carbocycles. The number of halogens is 7. The Labute approximate surface area is 292 Å². The first kappa shape index (κ1) is 40.9. The van der Waals surface area contributed by atoms with E-state index >= 15 is 0 Å². The molecule has 2 aliphatic heterocycles. The average Bonchev–Trinajstić information content (AvgIpc) is 3.39. The molecule has 0 radical (unpaired) electrons. The fourth-order valence-corrected chi connectivity index (χ4v) is 7.51. The Kier molecular flexibility index (Phi) is 11.4. The van der Waals surface area contributed by atoms with Crippen LogP contribution in [0.2, 0.25) is 0 Å². The lowest BCUT2D eigenvalue weighted by Crippen LogP contribution is -2.64. The number of hydrogen-bond donors (Lipinski definition) is 0. The van der Waals surface area contributed by atoms with Gasteiger partial charge in [0.25, 0.3) is 5.91 Å². The van der Waals surface area contributed by atoms with E-state index in [9.17, 15) is 40.1 Å². The van der Waals surface area contributed by atoms with Crippen LogP contribution in [0.3, 0.4) is 0 Å². The molecule has 0 spiro atoms. The fraction of sp³-hybridized carbons (Fsp3) is 0.588. The fourth-order valence-electron chi connectivity index (χ4n) is 6.48. The minimum absolute atomic E-state index is 0.0725. The van der Waals surface area contributed by atoms with E-state index in [1.54, 1.807) is 27.7 Å². The lowest BCUT2D eigenvalue weighted by molar-refractivity contribution is -0.310. The number of amides is 1. The number of alkyl halides is 6. The third-order valence-corrected chi connectivity index (χ3v) is 11.8. The summed E-state index contributed by atoms with van der Waals surface area (Å²) < 4.78 is 136. The Balaban J connectivity index is 1.93. The van der Waals surface area contributed by atoms with Gasteiger partial charge in [-0.2, -0.15) is 31.4 Å². The lowest BCUT2D eigenvalue weighted by atomic mass is 9.79. The Morgan fingerprint density at radius 1 is 1.02 bits per heavy atom. The molecule has 1 amide bonds.